The summed E-state index contributed by atoms with van der Waals surface area (Å²) in [5.74, 6) is -2.76. The first-order valence-electron chi connectivity index (χ1n) is 5.98. The van der Waals surface area contributed by atoms with E-state index in [9.17, 15) is 18.0 Å². The number of hydrogen-bond donors (Lipinski definition) is 2. The van der Waals surface area contributed by atoms with E-state index in [4.69, 9.17) is 10.4 Å². The minimum atomic E-state index is -3.93. The lowest BCUT2D eigenvalue weighted by molar-refractivity contribution is -0.118. The van der Waals surface area contributed by atoms with Crippen molar-refractivity contribution >= 4 is 21.7 Å². The smallest absolute Gasteiger partial charge is 0.335 e. The Morgan fingerprint density at radius 3 is 2.62 bits per heavy atom. The molecule has 0 saturated carbocycles. The Bertz CT molecular complexity index is 704. The number of carbonyl (C=O) groups is 2. The largest absolute Gasteiger partial charge is 0.478 e. The van der Waals surface area contributed by atoms with Crippen molar-refractivity contribution in [3.8, 4) is 6.07 Å². The van der Waals surface area contributed by atoms with Gasteiger partial charge in [-0.15, -0.1) is 0 Å². The molecule has 0 aliphatic heterocycles. The number of nitrogens with zero attached hydrogens (tertiary/aromatic N) is 1. The summed E-state index contributed by atoms with van der Waals surface area (Å²) in [6, 6.07) is 5.49. The number of hydrogen-bond acceptors (Lipinski definition) is 5. The van der Waals surface area contributed by atoms with Crippen LogP contribution in [-0.2, 0) is 14.6 Å². The molecule has 112 valence electrons. The molecule has 0 atom stereocenters. The number of aromatic carboxylic acids is 1. The van der Waals surface area contributed by atoms with Crippen LogP contribution in [0.3, 0.4) is 0 Å². The number of carbonyl (C=O) groups excluding carboxylic acids is 1. The molecule has 0 aromatic heterocycles. The molecule has 1 aromatic carbocycles. The zero-order valence-electron chi connectivity index (χ0n) is 11.3. The monoisotopic (exact) mass is 310 g/mol. The number of carboxylic acids is 1. The van der Waals surface area contributed by atoms with Gasteiger partial charge in [0.05, 0.1) is 22.9 Å². The van der Waals surface area contributed by atoms with Crippen LogP contribution >= 0.6 is 0 Å². The predicted molar refractivity (Wildman–Crippen MR) is 73.4 cm³/mol. The Labute approximate surface area is 122 Å². The normalized spacial score (nSPS) is 10.7. The highest BCUT2D eigenvalue weighted by Gasteiger charge is 2.21. The van der Waals surface area contributed by atoms with E-state index in [0.29, 0.717) is 5.56 Å². The quantitative estimate of drug-likeness (QED) is 0.737. The van der Waals surface area contributed by atoms with Crippen molar-refractivity contribution in [3.63, 3.8) is 0 Å². The van der Waals surface area contributed by atoms with E-state index in [2.05, 4.69) is 5.32 Å². The maximum atomic E-state index is 12.0. The molecule has 0 heterocycles. The Morgan fingerprint density at radius 2 is 2.05 bits per heavy atom. The molecule has 1 amide bonds. The van der Waals surface area contributed by atoms with Crippen LogP contribution in [0, 0.1) is 18.3 Å². The molecule has 0 spiro atoms. The molecule has 0 bridgehead atoms. The van der Waals surface area contributed by atoms with E-state index < -0.39 is 27.5 Å². The summed E-state index contributed by atoms with van der Waals surface area (Å²) in [6.07, 6.45) is 0.0828. The number of carboxylic acid groups (broad SMARTS) is 1. The van der Waals surface area contributed by atoms with Gasteiger partial charge in [-0.3, -0.25) is 4.79 Å². The highest BCUT2D eigenvalue weighted by Crippen LogP contribution is 2.17. The van der Waals surface area contributed by atoms with Crippen molar-refractivity contribution in [2.24, 2.45) is 0 Å². The lowest BCUT2D eigenvalue weighted by Gasteiger charge is -2.07. The molecule has 0 radical (unpaired) electrons. The fourth-order valence-electron chi connectivity index (χ4n) is 1.59. The molecule has 2 N–H and O–H groups in total. The lowest BCUT2D eigenvalue weighted by Crippen LogP contribution is -2.31. The van der Waals surface area contributed by atoms with Gasteiger partial charge in [0.25, 0.3) is 0 Å². The molecule has 1 aromatic rings. The fourth-order valence-corrected chi connectivity index (χ4v) is 2.78. The molecular formula is C13H14N2O5S. The van der Waals surface area contributed by atoms with Crippen LogP contribution < -0.4 is 5.32 Å². The van der Waals surface area contributed by atoms with E-state index >= 15 is 0 Å². The van der Waals surface area contributed by atoms with Gasteiger partial charge in [0.1, 0.15) is 5.75 Å². The van der Waals surface area contributed by atoms with Crippen molar-refractivity contribution < 1.29 is 23.1 Å². The van der Waals surface area contributed by atoms with E-state index in [0.717, 1.165) is 6.07 Å². The third-order valence-corrected chi connectivity index (χ3v) is 4.29. The number of nitrogens with one attached hydrogen (secondary N) is 1. The molecular weight excluding hydrogens is 296 g/mol. The number of aryl methyl sites for hydroxylation is 1. The summed E-state index contributed by atoms with van der Waals surface area (Å²) in [4.78, 5) is 22.2. The molecule has 0 aliphatic carbocycles. The topological polar surface area (TPSA) is 124 Å². The second kappa shape index (κ2) is 6.85. The fraction of sp³-hybridized carbons (Fsp3) is 0.308. The van der Waals surface area contributed by atoms with Crippen molar-refractivity contribution in [1.82, 2.24) is 5.32 Å². The van der Waals surface area contributed by atoms with Crippen LogP contribution in [0.5, 0.6) is 0 Å². The summed E-state index contributed by atoms with van der Waals surface area (Å²) in [6.45, 7) is 1.62. The van der Waals surface area contributed by atoms with E-state index in [-0.39, 0.29) is 23.4 Å². The summed E-state index contributed by atoms with van der Waals surface area (Å²) in [7, 11) is -3.93. The Balaban J connectivity index is 2.94. The van der Waals surface area contributed by atoms with Gasteiger partial charge in [-0.2, -0.15) is 5.26 Å². The lowest BCUT2D eigenvalue weighted by atomic mass is 10.1. The van der Waals surface area contributed by atoms with Gasteiger partial charge in [0, 0.05) is 6.54 Å². The number of amides is 1. The number of sulfone groups is 1. The van der Waals surface area contributed by atoms with Crippen LogP contribution in [0.25, 0.3) is 0 Å². The molecule has 0 saturated heterocycles. The summed E-state index contributed by atoms with van der Waals surface area (Å²) in [5, 5.41) is 19.6. The van der Waals surface area contributed by atoms with Crippen molar-refractivity contribution in [1.29, 1.82) is 5.26 Å². The Hall–Kier alpha value is -2.40. The SMILES string of the molecule is Cc1ccc(S(=O)(=O)CC(=O)NCCC#N)cc1C(=O)O. The van der Waals surface area contributed by atoms with Crippen molar-refractivity contribution in [2.45, 2.75) is 18.2 Å². The third kappa shape index (κ3) is 4.57. The van der Waals surface area contributed by atoms with Crippen LogP contribution in [0.15, 0.2) is 23.1 Å². The average Bonchev–Trinajstić information content (AvgIpc) is 2.38. The number of nitriles is 1. The molecule has 0 fully saturated rings. The standard InChI is InChI=1S/C13H14N2O5S/c1-9-3-4-10(7-11(9)13(17)18)21(19,20)8-12(16)15-6-2-5-14/h3-4,7H,2,6,8H2,1H3,(H,15,16)(H,17,18). The molecule has 7 nitrogen and oxygen atoms in total. The van der Waals surface area contributed by atoms with Gasteiger partial charge >= 0.3 is 5.97 Å². The molecule has 1 rings (SSSR count). The zero-order chi connectivity index (χ0) is 16.0. The van der Waals surface area contributed by atoms with Crippen molar-refractivity contribution in [3.05, 3.63) is 29.3 Å². The van der Waals surface area contributed by atoms with Gasteiger partial charge in [-0.1, -0.05) is 6.07 Å². The van der Waals surface area contributed by atoms with Gasteiger partial charge in [-0.05, 0) is 24.6 Å². The van der Waals surface area contributed by atoms with E-state index in [1.165, 1.54) is 12.1 Å². The van der Waals surface area contributed by atoms with Crippen LogP contribution in [0.4, 0.5) is 0 Å². The highest BCUT2D eigenvalue weighted by molar-refractivity contribution is 7.92. The molecule has 21 heavy (non-hydrogen) atoms. The maximum Gasteiger partial charge on any atom is 0.335 e. The minimum Gasteiger partial charge on any atom is -0.478 e. The summed E-state index contributed by atoms with van der Waals surface area (Å²) < 4.78 is 24.1. The van der Waals surface area contributed by atoms with Crippen LogP contribution in [0.1, 0.15) is 22.3 Å². The molecule has 0 unspecified atom stereocenters. The second-order valence-corrected chi connectivity index (χ2v) is 6.29. The Kier molecular flexibility index (Phi) is 5.44. The van der Waals surface area contributed by atoms with Gasteiger partial charge in [0.2, 0.25) is 5.91 Å². The first kappa shape index (κ1) is 16.7. The third-order valence-electron chi connectivity index (χ3n) is 2.68. The number of rotatable bonds is 6. The summed E-state index contributed by atoms with van der Waals surface area (Å²) in [5.41, 5.74) is 0.306. The Morgan fingerprint density at radius 1 is 1.38 bits per heavy atom. The first-order chi connectivity index (χ1) is 9.77. The van der Waals surface area contributed by atoms with Crippen LogP contribution in [-0.4, -0.2) is 37.7 Å². The maximum absolute atomic E-state index is 12.0. The predicted octanol–water partition coefficient (Wildman–Crippen LogP) is 0.497. The van der Waals surface area contributed by atoms with Gasteiger partial charge in [0.15, 0.2) is 9.84 Å². The van der Waals surface area contributed by atoms with Crippen molar-refractivity contribution in [2.75, 3.05) is 12.3 Å². The van der Waals surface area contributed by atoms with Gasteiger partial charge in [-0.25, -0.2) is 13.2 Å². The first-order valence-corrected chi connectivity index (χ1v) is 7.63. The zero-order valence-corrected chi connectivity index (χ0v) is 12.1. The van der Waals surface area contributed by atoms with E-state index in [1.54, 1.807) is 6.92 Å². The van der Waals surface area contributed by atoms with Gasteiger partial charge < -0.3 is 10.4 Å². The highest BCUT2D eigenvalue weighted by atomic mass is 32.2. The molecule has 8 heteroatoms. The second-order valence-electron chi connectivity index (χ2n) is 4.30. The average molecular weight is 310 g/mol. The van der Waals surface area contributed by atoms with Crippen LogP contribution in [0.2, 0.25) is 0 Å². The molecule has 0 aliphatic rings. The summed E-state index contributed by atoms with van der Waals surface area (Å²) >= 11 is 0. The number of benzene rings is 1. The minimum absolute atomic E-state index is 0.0686. The van der Waals surface area contributed by atoms with E-state index in [1.807, 2.05) is 6.07 Å².